The molecule has 40 heavy (non-hydrogen) atoms. The maximum absolute atomic E-state index is 12.4. The summed E-state index contributed by atoms with van der Waals surface area (Å²) < 4.78 is 23.1. The first-order chi connectivity index (χ1) is 18.9. The summed E-state index contributed by atoms with van der Waals surface area (Å²) in [6.45, 7) is 11.3. The highest BCUT2D eigenvalue weighted by Gasteiger charge is 2.55. The van der Waals surface area contributed by atoms with Crippen LogP contribution in [0.25, 0.3) is 0 Å². The van der Waals surface area contributed by atoms with Gasteiger partial charge in [-0.2, -0.15) is 9.35 Å². The number of rotatable bonds is 5. The molecule has 0 bridgehead atoms. The molecule has 0 spiro atoms. The van der Waals surface area contributed by atoms with E-state index in [2.05, 4.69) is 65.8 Å². The Morgan fingerprint density at radius 1 is 1.18 bits per heavy atom. The third-order valence-corrected chi connectivity index (χ3v) is 9.04. The zero-order valence-corrected chi connectivity index (χ0v) is 25.0. The zero-order valence-electron chi connectivity index (χ0n) is 24.2. The van der Waals surface area contributed by atoms with E-state index in [4.69, 9.17) is 19.7 Å². The molecule has 9 nitrogen and oxygen atoms in total. The van der Waals surface area contributed by atoms with Crippen LogP contribution >= 0.6 is 0 Å². The molecule has 3 aliphatic heterocycles. The number of aromatic nitrogens is 3. The van der Waals surface area contributed by atoms with E-state index in [0.29, 0.717) is 24.3 Å². The van der Waals surface area contributed by atoms with Crippen LogP contribution < -0.4 is 15.5 Å². The van der Waals surface area contributed by atoms with Crippen LogP contribution in [-0.4, -0.2) is 63.0 Å². The van der Waals surface area contributed by atoms with Crippen molar-refractivity contribution in [2.45, 2.75) is 63.5 Å². The number of fused-ring (bicyclic) bond motifs is 3. The van der Waals surface area contributed by atoms with E-state index in [0.717, 1.165) is 42.4 Å². The lowest BCUT2D eigenvalue weighted by molar-refractivity contribution is -0.0893. The molecule has 2 saturated heterocycles. The Hall–Kier alpha value is -3.08. The number of anilines is 4. The van der Waals surface area contributed by atoms with Gasteiger partial charge in [0.15, 0.2) is 5.82 Å². The molecule has 3 aliphatic rings. The Labute approximate surface area is 237 Å². The summed E-state index contributed by atoms with van der Waals surface area (Å²) in [5.74, 6) is 3.10. The average molecular weight is 562 g/mol. The van der Waals surface area contributed by atoms with E-state index in [9.17, 15) is 4.21 Å². The lowest BCUT2D eigenvalue weighted by Crippen LogP contribution is -2.54. The molecule has 3 aromatic rings. The van der Waals surface area contributed by atoms with Crippen molar-refractivity contribution in [2.24, 2.45) is 4.36 Å². The van der Waals surface area contributed by atoms with E-state index in [1.807, 2.05) is 18.3 Å². The van der Waals surface area contributed by atoms with Gasteiger partial charge in [-0.1, -0.05) is 19.1 Å². The van der Waals surface area contributed by atoms with Crippen LogP contribution in [0.4, 0.5) is 29.1 Å². The van der Waals surface area contributed by atoms with Gasteiger partial charge in [-0.05, 0) is 81.5 Å². The van der Waals surface area contributed by atoms with Crippen molar-refractivity contribution in [1.82, 2.24) is 20.3 Å². The van der Waals surface area contributed by atoms with Gasteiger partial charge in [-0.25, -0.2) is 14.2 Å². The van der Waals surface area contributed by atoms with Gasteiger partial charge < -0.3 is 20.3 Å². The fourth-order valence-electron chi connectivity index (χ4n) is 6.34. The predicted octanol–water partition coefficient (Wildman–Crippen LogP) is 5.34. The van der Waals surface area contributed by atoms with Crippen molar-refractivity contribution in [3.8, 4) is 0 Å². The third-order valence-electron chi connectivity index (χ3n) is 8.41. The van der Waals surface area contributed by atoms with Gasteiger partial charge in [-0.15, -0.1) is 0 Å². The molecule has 2 aromatic heterocycles. The summed E-state index contributed by atoms with van der Waals surface area (Å²) in [7, 11) is -2.35. The van der Waals surface area contributed by atoms with Gasteiger partial charge in [0.2, 0.25) is 5.95 Å². The van der Waals surface area contributed by atoms with Crippen LogP contribution in [0.2, 0.25) is 0 Å². The van der Waals surface area contributed by atoms with Crippen molar-refractivity contribution < 1.29 is 8.95 Å². The first-order valence-electron chi connectivity index (χ1n) is 14.0. The van der Waals surface area contributed by atoms with Crippen molar-refractivity contribution in [3.05, 3.63) is 59.3 Å². The maximum Gasteiger partial charge on any atom is 0.229 e. The molecule has 0 amide bonds. The SMILES string of the molecule is Cc1cc(Nc2ncc3c(n2)N(c2cccc(N=S(C)(C)=O)n2)[C@@H]2CC(C)(C)OC[C@]32C)ccc1[C@H]1CCNC1. The minimum Gasteiger partial charge on any atom is -0.374 e. The number of hydrogen-bond donors (Lipinski definition) is 2. The van der Waals surface area contributed by atoms with Crippen molar-refractivity contribution >= 4 is 38.8 Å². The van der Waals surface area contributed by atoms with Gasteiger partial charge in [-0.3, -0.25) is 0 Å². The molecular formula is C30H39N7O2S. The van der Waals surface area contributed by atoms with Crippen LogP contribution in [-0.2, 0) is 19.9 Å². The maximum atomic E-state index is 12.4. The highest BCUT2D eigenvalue weighted by Crippen LogP contribution is 2.53. The smallest absolute Gasteiger partial charge is 0.229 e. The van der Waals surface area contributed by atoms with Crippen molar-refractivity contribution in [2.75, 3.05) is 42.4 Å². The largest absolute Gasteiger partial charge is 0.374 e. The molecule has 2 N–H and O–H groups in total. The molecule has 5 heterocycles. The number of nitrogens with one attached hydrogen (secondary N) is 2. The predicted molar refractivity (Wildman–Crippen MR) is 161 cm³/mol. The molecule has 0 radical (unpaired) electrons. The lowest BCUT2D eigenvalue weighted by atomic mass is 9.73. The first kappa shape index (κ1) is 27.1. The molecule has 0 unspecified atom stereocenters. The van der Waals surface area contributed by atoms with Crippen molar-refractivity contribution in [1.29, 1.82) is 0 Å². The summed E-state index contributed by atoms with van der Waals surface area (Å²) in [5.41, 5.74) is 4.07. The Morgan fingerprint density at radius 2 is 2.00 bits per heavy atom. The Morgan fingerprint density at radius 3 is 2.73 bits per heavy atom. The second-order valence-corrected chi connectivity index (χ2v) is 15.0. The number of aryl methyl sites for hydroxylation is 1. The zero-order chi connectivity index (χ0) is 28.3. The second-order valence-electron chi connectivity index (χ2n) is 12.5. The Balaban J connectivity index is 1.39. The number of nitrogens with zero attached hydrogens (tertiary/aromatic N) is 5. The van der Waals surface area contributed by atoms with Gasteiger partial charge in [0.25, 0.3) is 0 Å². The van der Waals surface area contributed by atoms with Crippen LogP contribution in [0.1, 0.15) is 56.2 Å². The van der Waals surface area contributed by atoms with E-state index in [1.165, 1.54) is 17.5 Å². The van der Waals surface area contributed by atoms with Gasteiger partial charge >= 0.3 is 0 Å². The van der Waals surface area contributed by atoms with E-state index in [-0.39, 0.29) is 17.1 Å². The van der Waals surface area contributed by atoms with E-state index >= 15 is 0 Å². The summed E-state index contributed by atoms with van der Waals surface area (Å²) in [6, 6.07) is 12.3. The van der Waals surface area contributed by atoms with Crippen LogP contribution in [0.3, 0.4) is 0 Å². The minimum absolute atomic E-state index is 0.0627. The standard InChI is InChI=1S/C30H39N7O2S/c1-19-14-21(10-11-22(19)20-12-13-31-16-20)33-28-32-17-23-27(35-28)37(24-15-29(2,3)39-18-30(23,24)4)26-9-7-8-25(34-26)36-40(5,6)38/h7-11,14,17,20,24,31H,12-13,15-16,18H2,1-6H3,(H,32,33,35)/t20-,24+,30+/m0/s1. The summed E-state index contributed by atoms with van der Waals surface area (Å²) >= 11 is 0. The molecular weight excluding hydrogens is 522 g/mol. The number of ether oxygens (including phenoxy) is 1. The molecule has 0 aliphatic carbocycles. The second kappa shape index (κ2) is 9.78. The first-order valence-corrected chi connectivity index (χ1v) is 16.3. The molecule has 212 valence electrons. The highest BCUT2D eigenvalue weighted by atomic mass is 32.2. The quantitative estimate of drug-likeness (QED) is 0.430. The topological polar surface area (TPSA) is 105 Å². The molecule has 2 fully saturated rings. The van der Waals surface area contributed by atoms with E-state index < -0.39 is 9.73 Å². The van der Waals surface area contributed by atoms with Crippen LogP contribution in [0.5, 0.6) is 0 Å². The number of hydrogen-bond acceptors (Lipinski definition) is 9. The monoisotopic (exact) mass is 561 g/mol. The fourth-order valence-corrected chi connectivity index (χ4v) is 6.90. The number of benzene rings is 1. The highest BCUT2D eigenvalue weighted by molar-refractivity contribution is 7.92. The fraction of sp³-hybridized carbons (Fsp3) is 0.500. The normalized spacial score (nSPS) is 25.4. The molecule has 10 heteroatoms. The minimum atomic E-state index is -2.35. The molecule has 1 aromatic carbocycles. The van der Waals surface area contributed by atoms with E-state index in [1.54, 1.807) is 18.6 Å². The summed E-state index contributed by atoms with van der Waals surface area (Å²) in [5, 5.41) is 6.91. The Bertz CT molecular complexity index is 1570. The van der Waals surface area contributed by atoms with Gasteiger partial charge in [0.1, 0.15) is 11.6 Å². The molecule has 0 saturated carbocycles. The lowest BCUT2D eigenvalue weighted by Gasteiger charge is -2.46. The van der Waals surface area contributed by atoms with Crippen molar-refractivity contribution in [3.63, 3.8) is 0 Å². The summed E-state index contributed by atoms with van der Waals surface area (Å²) in [6.07, 6.45) is 7.14. The van der Waals surface area contributed by atoms with Gasteiger partial charge in [0.05, 0.1) is 18.2 Å². The van der Waals surface area contributed by atoms with Crippen LogP contribution in [0, 0.1) is 6.92 Å². The average Bonchev–Trinajstić information content (AvgIpc) is 3.48. The summed E-state index contributed by atoms with van der Waals surface area (Å²) in [4.78, 5) is 16.9. The van der Waals surface area contributed by atoms with Crippen LogP contribution in [0.15, 0.2) is 47.0 Å². The third kappa shape index (κ3) is 5.08. The number of pyridine rings is 1. The van der Waals surface area contributed by atoms with Gasteiger partial charge in [0, 0.05) is 51.6 Å². The Kier molecular flexibility index (Phi) is 6.63. The molecule has 3 atom stereocenters. The molecule has 6 rings (SSSR count).